The molecule has 4 rings (SSSR count). The fourth-order valence-corrected chi connectivity index (χ4v) is 4.59. The average molecular weight is 509 g/mol. The van der Waals surface area contributed by atoms with E-state index in [1.807, 2.05) is 66.7 Å². The molecule has 38 heavy (non-hydrogen) atoms. The number of carbonyl (C=O) groups excluding carboxylic acids is 2. The van der Waals surface area contributed by atoms with Gasteiger partial charge < -0.3 is 14.8 Å². The fraction of sp³-hybridized carbons (Fsp3) is 0.219. The van der Waals surface area contributed by atoms with Crippen molar-refractivity contribution in [1.82, 2.24) is 4.98 Å². The fourth-order valence-electron chi connectivity index (χ4n) is 4.59. The van der Waals surface area contributed by atoms with Crippen molar-refractivity contribution in [3.05, 3.63) is 132 Å². The van der Waals surface area contributed by atoms with Gasteiger partial charge in [-0.1, -0.05) is 97.1 Å². The molecule has 194 valence electrons. The Labute approximate surface area is 223 Å². The van der Waals surface area contributed by atoms with Crippen molar-refractivity contribution in [2.45, 2.75) is 25.8 Å². The van der Waals surface area contributed by atoms with Gasteiger partial charge >= 0.3 is 11.9 Å². The second-order valence-corrected chi connectivity index (χ2v) is 8.75. The van der Waals surface area contributed by atoms with Crippen molar-refractivity contribution >= 4 is 17.8 Å². The maximum absolute atomic E-state index is 12.6. The molecule has 1 aromatic heterocycles. The Morgan fingerprint density at radius 2 is 1.13 bits per heavy atom. The summed E-state index contributed by atoms with van der Waals surface area (Å²) in [7, 11) is 0. The van der Waals surface area contributed by atoms with Gasteiger partial charge in [0.05, 0.1) is 13.2 Å². The van der Waals surface area contributed by atoms with Gasteiger partial charge in [0.2, 0.25) is 0 Å². The second-order valence-electron chi connectivity index (χ2n) is 8.75. The predicted octanol–water partition coefficient (Wildman–Crippen LogP) is 5.77. The minimum Gasteiger partial charge on any atom is -0.465 e. The molecule has 0 bridgehead atoms. The lowest BCUT2D eigenvalue weighted by Gasteiger charge is -2.37. The average Bonchev–Trinajstić information content (AvgIpc) is 2.96. The minimum absolute atomic E-state index is 0.0716. The number of nitrogens with zero attached hydrogens (tertiary/aromatic N) is 1. The summed E-state index contributed by atoms with van der Waals surface area (Å²) < 4.78 is 10.3. The molecule has 0 amide bonds. The van der Waals surface area contributed by atoms with E-state index in [4.69, 9.17) is 14.5 Å². The maximum atomic E-state index is 12.6. The van der Waals surface area contributed by atoms with Crippen molar-refractivity contribution in [1.29, 1.82) is 0 Å². The van der Waals surface area contributed by atoms with E-state index in [1.54, 1.807) is 19.9 Å². The summed E-state index contributed by atoms with van der Waals surface area (Å²) in [6.07, 6.45) is 0.0716. The van der Waals surface area contributed by atoms with Gasteiger partial charge in [0.1, 0.15) is 11.4 Å². The van der Waals surface area contributed by atoms with Crippen LogP contribution in [-0.4, -0.2) is 30.1 Å². The molecule has 0 unspecified atom stereocenters. The third kappa shape index (κ3) is 5.92. The SMILES string of the molecule is CCOC(=O)C(Cc1cccc(NC(c2ccccc2)(c2ccccc2)c2ccccc2)n1)C(=O)OCC. The zero-order chi connectivity index (χ0) is 26.8. The van der Waals surface area contributed by atoms with Gasteiger partial charge in [-0.3, -0.25) is 9.59 Å². The van der Waals surface area contributed by atoms with E-state index >= 15 is 0 Å². The maximum Gasteiger partial charge on any atom is 0.320 e. The van der Waals surface area contributed by atoms with E-state index in [0.717, 1.165) is 16.7 Å². The number of carbonyl (C=O) groups is 2. The predicted molar refractivity (Wildman–Crippen MR) is 148 cm³/mol. The molecule has 4 aromatic rings. The number of rotatable bonds is 11. The molecule has 1 N–H and O–H groups in total. The third-order valence-electron chi connectivity index (χ3n) is 6.30. The molecular formula is C32H32N2O4. The summed E-state index contributed by atoms with van der Waals surface area (Å²) in [5.74, 6) is -1.71. The zero-order valence-corrected chi connectivity index (χ0v) is 21.7. The van der Waals surface area contributed by atoms with Crippen molar-refractivity contribution < 1.29 is 19.1 Å². The normalized spacial score (nSPS) is 11.1. The molecule has 0 spiro atoms. The van der Waals surface area contributed by atoms with E-state index in [1.165, 1.54) is 0 Å². The van der Waals surface area contributed by atoms with Gasteiger partial charge in [0.15, 0.2) is 5.92 Å². The van der Waals surface area contributed by atoms with Gasteiger partial charge in [-0.15, -0.1) is 0 Å². The largest absolute Gasteiger partial charge is 0.465 e. The molecule has 1 heterocycles. The molecule has 0 atom stereocenters. The van der Waals surface area contributed by atoms with E-state index in [9.17, 15) is 9.59 Å². The number of benzene rings is 3. The Morgan fingerprint density at radius 1 is 0.684 bits per heavy atom. The highest BCUT2D eigenvalue weighted by Gasteiger charge is 2.37. The van der Waals surface area contributed by atoms with Crippen LogP contribution in [0.15, 0.2) is 109 Å². The Balaban J connectivity index is 1.78. The lowest BCUT2D eigenvalue weighted by Crippen LogP contribution is -2.38. The van der Waals surface area contributed by atoms with Crippen LogP contribution in [0.5, 0.6) is 0 Å². The van der Waals surface area contributed by atoms with Crippen LogP contribution in [0.1, 0.15) is 36.2 Å². The number of hydrogen-bond donors (Lipinski definition) is 1. The minimum atomic E-state index is -1.08. The molecular weight excluding hydrogens is 476 g/mol. The highest BCUT2D eigenvalue weighted by Crippen LogP contribution is 2.39. The molecule has 0 aliphatic heterocycles. The molecule has 0 fully saturated rings. The van der Waals surface area contributed by atoms with Crippen LogP contribution in [0.25, 0.3) is 0 Å². The van der Waals surface area contributed by atoms with E-state index < -0.39 is 23.4 Å². The van der Waals surface area contributed by atoms with Crippen LogP contribution in [0.3, 0.4) is 0 Å². The highest BCUT2D eigenvalue weighted by atomic mass is 16.6. The van der Waals surface area contributed by atoms with E-state index in [-0.39, 0.29) is 19.6 Å². The van der Waals surface area contributed by atoms with E-state index in [0.29, 0.717) is 11.5 Å². The summed E-state index contributed by atoms with van der Waals surface area (Å²) in [6, 6.07) is 36.2. The van der Waals surface area contributed by atoms with Crippen molar-refractivity contribution in [3.8, 4) is 0 Å². The lowest BCUT2D eigenvalue weighted by atomic mass is 9.77. The first-order chi connectivity index (χ1) is 18.6. The number of anilines is 1. The standard InChI is InChI=1S/C32H32N2O4/c1-3-37-30(35)28(31(36)38-4-2)23-27-21-14-22-29(33-27)34-32(24-15-8-5-9-16-24,25-17-10-6-11-18-25)26-19-12-7-13-20-26/h5-22,28H,3-4,23H2,1-2H3,(H,33,34). The Morgan fingerprint density at radius 3 is 1.55 bits per heavy atom. The molecule has 0 saturated heterocycles. The van der Waals surface area contributed by atoms with Gasteiger partial charge in [-0.05, 0) is 42.7 Å². The van der Waals surface area contributed by atoms with Crippen LogP contribution >= 0.6 is 0 Å². The van der Waals surface area contributed by atoms with Crippen molar-refractivity contribution in [3.63, 3.8) is 0 Å². The number of pyridine rings is 1. The van der Waals surface area contributed by atoms with Gasteiger partial charge in [-0.25, -0.2) is 4.98 Å². The summed E-state index contributed by atoms with van der Waals surface area (Å²) in [5, 5.41) is 3.72. The zero-order valence-electron chi connectivity index (χ0n) is 21.7. The second kappa shape index (κ2) is 12.7. The summed E-state index contributed by atoms with van der Waals surface area (Å²) >= 11 is 0. The number of nitrogens with one attached hydrogen (secondary N) is 1. The van der Waals surface area contributed by atoms with Gasteiger partial charge in [-0.2, -0.15) is 0 Å². The number of hydrogen-bond acceptors (Lipinski definition) is 6. The molecule has 0 saturated carbocycles. The first-order valence-electron chi connectivity index (χ1n) is 12.8. The lowest BCUT2D eigenvalue weighted by molar-refractivity contribution is -0.161. The highest BCUT2D eigenvalue weighted by molar-refractivity contribution is 5.95. The Bertz CT molecular complexity index is 1210. The quantitative estimate of drug-likeness (QED) is 0.157. The van der Waals surface area contributed by atoms with Crippen LogP contribution < -0.4 is 5.32 Å². The van der Waals surface area contributed by atoms with Crippen molar-refractivity contribution in [2.75, 3.05) is 18.5 Å². The van der Waals surface area contributed by atoms with Crippen LogP contribution in [0, 0.1) is 5.92 Å². The third-order valence-corrected chi connectivity index (χ3v) is 6.30. The molecule has 6 nitrogen and oxygen atoms in total. The molecule has 0 aliphatic carbocycles. The Hall–Kier alpha value is -4.45. The van der Waals surface area contributed by atoms with Crippen LogP contribution in [-0.2, 0) is 31.0 Å². The summed E-state index contributed by atoms with van der Waals surface area (Å²) in [4.78, 5) is 30.0. The topological polar surface area (TPSA) is 77.5 Å². The summed E-state index contributed by atoms with van der Waals surface area (Å²) in [6.45, 7) is 3.77. The molecule has 0 aliphatic rings. The number of aromatic nitrogens is 1. The van der Waals surface area contributed by atoms with Crippen molar-refractivity contribution in [2.24, 2.45) is 5.92 Å². The van der Waals surface area contributed by atoms with Gasteiger partial charge in [0, 0.05) is 12.1 Å². The summed E-state index contributed by atoms with van der Waals surface area (Å²) in [5.41, 5.74) is 2.95. The number of esters is 2. The Kier molecular flexibility index (Phi) is 8.88. The molecule has 0 radical (unpaired) electrons. The molecule has 3 aromatic carbocycles. The first-order valence-corrected chi connectivity index (χ1v) is 12.8. The van der Waals surface area contributed by atoms with E-state index in [2.05, 4.69) is 41.7 Å². The smallest absolute Gasteiger partial charge is 0.320 e. The monoisotopic (exact) mass is 508 g/mol. The van der Waals surface area contributed by atoms with Gasteiger partial charge in [0.25, 0.3) is 0 Å². The number of ether oxygens (including phenoxy) is 2. The molecule has 6 heteroatoms. The van der Waals surface area contributed by atoms with Crippen LogP contribution in [0.2, 0.25) is 0 Å². The first kappa shape index (κ1) is 26.6. The van der Waals surface area contributed by atoms with Crippen LogP contribution in [0.4, 0.5) is 5.82 Å².